The molecule has 0 atom stereocenters. The van der Waals surface area contributed by atoms with E-state index in [1.54, 1.807) is 6.07 Å². The SMILES string of the molecule is NC(=S)N(C=O)c1ccn[nH]1. The molecule has 0 fully saturated rings. The van der Waals surface area contributed by atoms with E-state index >= 15 is 0 Å². The maximum atomic E-state index is 10.4. The van der Waals surface area contributed by atoms with Gasteiger partial charge >= 0.3 is 0 Å². The molecule has 6 heteroatoms. The summed E-state index contributed by atoms with van der Waals surface area (Å²) in [7, 11) is 0. The summed E-state index contributed by atoms with van der Waals surface area (Å²) >= 11 is 4.59. The maximum absolute atomic E-state index is 10.4. The Hall–Kier alpha value is -1.43. The first-order valence-electron chi connectivity index (χ1n) is 2.79. The van der Waals surface area contributed by atoms with Crippen LogP contribution in [0.4, 0.5) is 5.82 Å². The number of thiocarbonyl (C=S) groups is 1. The van der Waals surface area contributed by atoms with E-state index in [2.05, 4.69) is 22.4 Å². The van der Waals surface area contributed by atoms with Crippen molar-refractivity contribution in [3.8, 4) is 0 Å². The van der Waals surface area contributed by atoms with Gasteiger partial charge in [0.05, 0.1) is 6.20 Å². The highest BCUT2D eigenvalue weighted by atomic mass is 32.1. The number of nitrogens with two attached hydrogens (primary N) is 1. The minimum Gasteiger partial charge on any atom is -0.375 e. The molecule has 0 radical (unpaired) electrons. The molecule has 0 bridgehead atoms. The van der Waals surface area contributed by atoms with Crippen LogP contribution in [0.5, 0.6) is 0 Å². The predicted molar refractivity (Wildman–Crippen MR) is 43.9 cm³/mol. The summed E-state index contributed by atoms with van der Waals surface area (Å²) in [5.74, 6) is 0.465. The number of aromatic amines is 1. The maximum Gasteiger partial charge on any atom is 0.221 e. The molecule has 1 aromatic heterocycles. The van der Waals surface area contributed by atoms with E-state index in [9.17, 15) is 4.79 Å². The molecule has 1 rings (SSSR count). The van der Waals surface area contributed by atoms with Crippen molar-refractivity contribution in [1.82, 2.24) is 10.2 Å². The number of H-pyrrole nitrogens is 1. The second-order valence-electron chi connectivity index (χ2n) is 1.76. The molecular weight excluding hydrogens is 164 g/mol. The van der Waals surface area contributed by atoms with Crippen molar-refractivity contribution in [3.05, 3.63) is 12.3 Å². The quantitative estimate of drug-likeness (QED) is 0.468. The van der Waals surface area contributed by atoms with Gasteiger partial charge in [0.15, 0.2) is 5.11 Å². The van der Waals surface area contributed by atoms with E-state index in [4.69, 9.17) is 5.73 Å². The fourth-order valence-corrected chi connectivity index (χ4v) is 0.752. The summed E-state index contributed by atoms with van der Waals surface area (Å²) in [4.78, 5) is 11.4. The molecule has 5 nitrogen and oxygen atoms in total. The van der Waals surface area contributed by atoms with E-state index in [1.165, 1.54) is 6.20 Å². The minimum absolute atomic E-state index is 0.00995. The van der Waals surface area contributed by atoms with Gasteiger partial charge in [-0.05, 0) is 12.2 Å². The van der Waals surface area contributed by atoms with Crippen molar-refractivity contribution in [3.63, 3.8) is 0 Å². The monoisotopic (exact) mass is 170 g/mol. The Kier molecular flexibility index (Phi) is 2.17. The Bertz CT molecular complexity index is 257. The van der Waals surface area contributed by atoms with Crippen LogP contribution in [0, 0.1) is 0 Å². The molecule has 0 unspecified atom stereocenters. The van der Waals surface area contributed by atoms with Crippen LogP contribution >= 0.6 is 12.2 Å². The van der Waals surface area contributed by atoms with E-state index in [-0.39, 0.29) is 5.11 Å². The number of anilines is 1. The summed E-state index contributed by atoms with van der Waals surface area (Å²) in [6.07, 6.45) is 2.03. The third-order valence-corrected chi connectivity index (χ3v) is 1.29. The fraction of sp³-hybridized carbons (Fsp3) is 0. The van der Waals surface area contributed by atoms with Crippen LogP contribution in [0.15, 0.2) is 12.3 Å². The highest BCUT2D eigenvalue weighted by Gasteiger charge is 2.07. The summed E-state index contributed by atoms with van der Waals surface area (Å²) in [5, 5.41) is 6.17. The Balaban J connectivity index is 2.88. The Morgan fingerprint density at radius 3 is 3.00 bits per heavy atom. The highest BCUT2D eigenvalue weighted by Crippen LogP contribution is 2.04. The number of hydrogen-bond acceptors (Lipinski definition) is 3. The fourth-order valence-electron chi connectivity index (χ4n) is 0.610. The Labute approximate surface area is 68.2 Å². The van der Waals surface area contributed by atoms with Gasteiger partial charge in [0.2, 0.25) is 6.41 Å². The van der Waals surface area contributed by atoms with Gasteiger partial charge in [-0.15, -0.1) is 0 Å². The third-order valence-electron chi connectivity index (χ3n) is 1.09. The van der Waals surface area contributed by atoms with Gasteiger partial charge in [0.25, 0.3) is 0 Å². The first-order chi connectivity index (χ1) is 5.25. The van der Waals surface area contributed by atoms with Crippen molar-refractivity contribution in [1.29, 1.82) is 0 Å². The topological polar surface area (TPSA) is 75.0 Å². The second-order valence-corrected chi connectivity index (χ2v) is 2.17. The number of hydrogen-bond donors (Lipinski definition) is 2. The van der Waals surface area contributed by atoms with Crippen molar-refractivity contribution < 1.29 is 4.79 Å². The zero-order valence-electron chi connectivity index (χ0n) is 5.52. The number of carbonyl (C=O) groups is 1. The number of nitrogens with zero attached hydrogens (tertiary/aromatic N) is 2. The van der Waals surface area contributed by atoms with Crippen LogP contribution in [0.2, 0.25) is 0 Å². The molecule has 0 spiro atoms. The molecule has 0 aliphatic heterocycles. The van der Waals surface area contributed by atoms with Gasteiger partial charge in [0, 0.05) is 6.07 Å². The lowest BCUT2D eigenvalue weighted by Gasteiger charge is -2.10. The van der Waals surface area contributed by atoms with E-state index in [1.807, 2.05) is 0 Å². The molecular formula is C5H6N4OS. The minimum atomic E-state index is -0.00995. The van der Waals surface area contributed by atoms with E-state index < -0.39 is 0 Å². The van der Waals surface area contributed by atoms with Crippen molar-refractivity contribution in [2.45, 2.75) is 0 Å². The molecule has 0 aliphatic carbocycles. The summed E-state index contributed by atoms with van der Waals surface area (Å²) < 4.78 is 0. The molecule has 3 N–H and O–H groups in total. The Morgan fingerprint density at radius 2 is 2.64 bits per heavy atom. The number of amides is 1. The lowest BCUT2D eigenvalue weighted by Crippen LogP contribution is -2.34. The molecule has 11 heavy (non-hydrogen) atoms. The summed E-state index contributed by atoms with van der Waals surface area (Å²) in [5.41, 5.74) is 5.22. The van der Waals surface area contributed by atoms with Gasteiger partial charge in [-0.3, -0.25) is 9.89 Å². The van der Waals surface area contributed by atoms with E-state index in [0.717, 1.165) is 4.90 Å². The molecule has 0 saturated heterocycles. The summed E-state index contributed by atoms with van der Waals surface area (Å²) in [6, 6.07) is 1.59. The van der Waals surface area contributed by atoms with Crippen LogP contribution < -0.4 is 10.6 Å². The lowest BCUT2D eigenvalue weighted by molar-refractivity contribution is -0.106. The van der Waals surface area contributed by atoms with Crippen molar-refractivity contribution in [2.75, 3.05) is 4.90 Å². The number of nitrogens with one attached hydrogen (secondary N) is 1. The molecule has 0 aromatic carbocycles. The largest absolute Gasteiger partial charge is 0.375 e. The number of aromatic nitrogens is 2. The van der Waals surface area contributed by atoms with Gasteiger partial charge in [-0.1, -0.05) is 0 Å². The van der Waals surface area contributed by atoms with E-state index in [0.29, 0.717) is 12.2 Å². The average molecular weight is 170 g/mol. The van der Waals surface area contributed by atoms with Gasteiger partial charge in [-0.2, -0.15) is 5.10 Å². The van der Waals surface area contributed by atoms with Crippen molar-refractivity contribution >= 4 is 29.6 Å². The van der Waals surface area contributed by atoms with Crippen molar-refractivity contribution in [2.24, 2.45) is 5.73 Å². The van der Waals surface area contributed by atoms with Crippen LogP contribution in [0.3, 0.4) is 0 Å². The second kappa shape index (κ2) is 3.11. The lowest BCUT2D eigenvalue weighted by atomic mass is 10.6. The number of rotatable bonds is 2. The highest BCUT2D eigenvalue weighted by molar-refractivity contribution is 7.80. The first kappa shape index (κ1) is 7.67. The normalized spacial score (nSPS) is 9.09. The van der Waals surface area contributed by atoms with Crippen LogP contribution in [0.1, 0.15) is 0 Å². The Morgan fingerprint density at radius 1 is 1.91 bits per heavy atom. The zero-order valence-corrected chi connectivity index (χ0v) is 6.34. The van der Waals surface area contributed by atoms with Gasteiger partial charge < -0.3 is 5.73 Å². The first-order valence-corrected chi connectivity index (χ1v) is 3.20. The predicted octanol–water partition coefficient (Wildman–Crippen LogP) is -0.384. The molecule has 1 aromatic rings. The third kappa shape index (κ3) is 1.53. The smallest absolute Gasteiger partial charge is 0.221 e. The zero-order chi connectivity index (χ0) is 8.27. The van der Waals surface area contributed by atoms with Crippen LogP contribution in [0.25, 0.3) is 0 Å². The average Bonchev–Trinajstić information content (AvgIpc) is 2.40. The van der Waals surface area contributed by atoms with Gasteiger partial charge in [-0.25, -0.2) is 4.90 Å². The molecule has 1 amide bonds. The van der Waals surface area contributed by atoms with Crippen LogP contribution in [-0.2, 0) is 4.79 Å². The molecule has 58 valence electrons. The van der Waals surface area contributed by atoms with Crippen LogP contribution in [-0.4, -0.2) is 21.7 Å². The molecule has 1 heterocycles. The molecule has 0 saturated carbocycles. The summed E-state index contributed by atoms with van der Waals surface area (Å²) in [6.45, 7) is 0. The molecule has 0 aliphatic rings. The van der Waals surface area contributed by atoms with Gasteiger partial charge in [0.1, 0.15) is 5.82 Å². The standard InChI is InChI=1S/C5H6N4OS/c6-5(11)9(3-10)4-1-2-7-8-4/h1-3H,(H2,6,11)(H,7,8). The number of carbonyl (C=O) groups excluding carboxylic acids is 1.